The lowest BCUT2D eigenvalue weighted by atomic mass is 9.90. The molecule has 2 atom stereocenters. The van der Waals surface area contributed by atoms with Crippen LogP contribution in [-0.2, 0) is 25.0 Å². The van der Waals surface area contributed by atoms with Gasteiger partial charge in [-0.15, -0.1) is 11.3 Å². The van der Waals surface area contributed by atoms with Gasteiger partial charge in [0.25, 0.3) is 10.0 Å². The molecule has 1 amide bonds. The van der Waals surface area contributed by atoms with E-state index in [1.165, 1.54) is 6.07 Å². The smallest absolute Gasteiger partial charge is 0.325 e. The second-order valence-electron chi connectivity index (χ2n) is 8.00. The summed E-state index contributed by atoms with van der Waals surface area (Å²) in [7, 11) is -4.22. The van der Waals surface area contributed by atoms with Crippen LogP contribution in [0.2, 0.25) is 5.02 Å². The molecule has 1 aliphatic rings. The summed E-state index contributed by atoms with van der Waals surface area (Å²) in [6.45, 7) is -0.926. The van der Waals surface area contributed by atoms with E-state index in [1.807, 2.05) is 0 Å². The highest BCUT2D eigenvalue weighted by Gasteiger charge is 2.74. The molecule has 0 radical (unpaired) electrons. The van der Waals surface area contributed by atoms with E-state index in [2.05, 4.69) is 10.0 Å². The van der Waals surface area contributed by atoms with Crippen molar-refractivity contribution in [2.24, 2.45) is 0 Å². The molecule has 0 aliphatic heterocycles. The predicted molar refractivity (Wildman–Crippen MR) is 128 cm³/mol. The minimum atomic E-state index is -4.22. The maximum absolute atomic E-state index is 13.3. The Balaban J connectivity index is 1.68. The van der Waals surface area contributed by atoms with Crippen molar-refractivity contribution in [3.63, 3.8) is 0 Å². The maximum Gasteiger partial charge on any atom is 0.325 e. The maximum atomic E-state index is 13.3. The fourth-order valence-corrected chi connectivity index (χ4v) is 6.97. The van der Waals surface area contributed by atoms with Gasteiger partial charge in [-0.1, -0.05) is 54.1 Å². The summed E-state index contributed by atoms with van der Waals surface area (Å²) in [6.07, 6.45) is -0.0697. The molecule has 2 unspecified atom stereocenters. The average molecular weight is 521 g/mol. The number of aliphatic hydroxyl groups excluding tert-OH is 1. The van der Waals surface area contributed by atoms with Gasteiger partial charge < -0.3 is 15.5 Å². The standard InChI is InChI=1S/C23H21ClN2O6S2/c24-17-8-6-15(7-9-17)18-10-11-20(33-18)34(31,32)26-23(21(29)30)13-22(23,14-25-19(28)12-27)16-4-2-1-3-5-16/h1-11,26-27H,12-14H2,(H,25,28)(H,29,30). The van der Waals surface area contributed by atoms with Gasteiger partial charge in [0.1, 0.15) is 16.4 Å². The number of benzene rings is 2. The number of hydrogen-bond donors (Lipinski definition) is 4. The van der Waals surface area contributed by atoms with Crippen LogP contribution in [0.5, 0.6) is 0 Å². The zero-order valence-electron chi connectivity index (χ0n) is 17.7. The number of halogens is 1. The van der Waals surface area contributed by atoms with E-state index in [9.17, 15) is 23.1 Å². The summed E-state index contributed by atoms with van der Waals surface area (Å²) < 4.78 is 29.0. The summed E-state index contributed by atoms with van der Waals surface area (Å²) in [6, 6.07) is 18.5. The first kappa shape index (κ1) is 24.4. The number of rotatable bonds is 9. The van der Waals surface area contributed by atoms with Crippen LogP contribution in [0.4, 0.5) is 0 Å². The monoisotopic (exact) mass is 520 g/mol. The molecule has 4 rings (SSSR count). The third-order valence-electron chi connectivity index (χ3n) is 5.96. The Morgan fingerprint density at radius 3 is 2.32 bits per heavy atom. The minimum Gasteiger partial charge on any atom is -0.480 e. The summed E-state index contributed by atoms with van der Waals surface area (Å²) in [4.78, 5) is 24.8. The number of aliphatic carboxylic acids is 1. The Kier molecular flexibility index (Phi) is 6.54. The first-order valence-electron chi connectivity index (χ1n) is 10.2. The lowest BCUT2D eigenvalue weighted by Gasteiger charge is -2.24. The number of thiophene rings is 1. The Morgan fingerprint density at radius 2 is 1.71 bits per heavy atom. The third kappa shape index (κ3) is 4.35. The summed E-state index contributed by atoms with van der Waals surface area (Å²) >= 11 is 6.93. The predicted octanol–water partition coefficient (Wildman–Crippen LogP) is 2.62. The molecule has 2 aromatic carbocycles. The molecule has 1 fully saturated rings. The van der Waals surface area contributed by atoms with Crippen molar-refractivity contribution in [3.8, 4) is 10.4 Å². The molecule has 1 heterocycles. The largest absolute Gasteiger partial charge is 0.480 e. The lowest BCUT2D eigenvalue weighted by molar-refractivity contribution is -0.141. The van der Waals surface area contributed by atoms with Crippen LogP contribution in [-0.4, -0.2) is 49.2 Å². The number of carbonyl (C=O) groups excluding carboxylic acids is 1. The Bertz CT molecular complexity index is 1330. The SMILES string of the molecule is O=C(CO)NCC1(c2ccccc2)CC1(NS(=O)(=O)c1ccc(-c2ccc(Cl)cc2)s1)C(=O)O. The van der Waals surface area contributed by atoms with E-state index in [0.717, 1.165) is 16.9 Å². The number of aliphatic hydroxyl groups is 1. The van der Waals surface area contributed by atoms with Crippen LogP contribution < -0.4 is 10.0 Å². The van der Waals surface area contributed by atoms with Crippen LogP contribution in [0.3, 0.4) is 0 Å². The minimum absolute atomic E-state index is 0.0358. The van der Waals surface area contributed by atoms with E-state index in [-0.39, 0.29) is 17.2 Å². The Hall–Kier alpha value is -2.76. The molecule has 34 heavy (non-hydrogen) atoms. The number of carbonyl (C=O) groups is 2. The van der Waals surface area contributed by atoms with Gasteiger partial charge in [0, 0.05) is 21.9 Å². The van der Waals surface area contributed by atoms with Crippen molar-refractivity contribution >= 4 is 44.8 Å². The quantitative estimate of drug-likeness (QED) is 0.343. The first-order chi connectivity index (χ1) is 16.1. The Morgan fingerprint density at radius 1 is 1.03 bits per heavy atom. The fraction of sp³-hybridized carbons (Fsp3) is 0.217. The highest BCUT2D eigenvalue weighted by atomic mass is 35.5. The second kappa shape index (κ2) is 9.12. The van der Waals surface area contributed by atoms with E-state index >= 15 is 0 Å². The topological polar surface area (TPSA) is 133 Å². The normalized spacial score (nSPS) is 21.7. The van der Waals surface area contributed by atoms with Gasteiger partial charge in [-0.3, -0.25) is 9.59 Å². The van der Waals surface area contributed by atoms with E-state index in [0.29, 0.717) is 15.5 Å². The zero-order chi connectivity index (χ0) is 24.6. The summed E-state index contributed by atoms with van der Waals surface area (Å²) in [5, 5.41) is 22.3. The second-order valence-corrected chi connectivity index (χ2v) is 11.4. The molecular formula is C23H21ClN2O6S2. The van der Waals surface area contributed by atoms with Crippen molar-refractivity contribution in [2.45, 2.75) is 21.6 Å². The van der Waals surface area contributed by atoms with Crippen LogP contribution >= 0.6 is 22.9 Å². The van der Waals surface area contributed by atoms with Gasteiger partial charge in [-0.25, -0.2) is 8.42 Å². The zero-order valence-corrected chi connectivity index (χ0v) is 20.1. The van der Waals surface area contributed by atoms with Crippen molar-refractivity contribution in [1.29, 1.82) is 0 Å². The summed E-state index contributed by atoms with van der Waals surface area (Å²) in [5.41, 5.74) is -1.76. The first-order valence-corrected chi connectivity index (χ1v) is 12.9. The van der Waals surface area contributed by atoms with Crippen molar-refractivity contribution < 1.29 is 28.2 Å². The number of carboxylic acids is 1. The molecule has 1 aromatic heterocycles. The van der Waals surface area contributed by atoms with E-state index < -0.39 is 39.5 Å². The molecule has 11 heteroatoms. The highest BCUT2D eigenvalue weighted by Crippen LogP contribution is 2.58. The molecule has 178 valence electrons. The van der Waals surface area contributed by atoms with Gasteiger partial charge >= 0.3 is 5.97 Å². The molecule has 4 N–H and O–H groups in total. The molecule has 0 spiro atoms. The van der Waals surface area contributed by atoms with Gasteiger partial charge in [-0.2, -0.15) is 4.72 Å². The van der Waals surface area contributed by atoms with E-state index in [4.69, 9.17) is 16.7 Å². The van der Waals surface area contributed by atoms with Crippen LogP contribution in [0.1, 0.15) is 12.0 Å². The molecule has 1 aliphatic carbocycles. The molecule has 1 saturated carbocycles. The lowest BCUT2D eigenvalue weighted by Crippen LogP contribution is -2.51. The highest BCUT2D eigenvalue weighted by molar-refractivity contribution is 7.91. The van der Waals surface area contributed by atoms with Crippen LogP contribution in [0, 0.1) is 0 Å². The van der Waals surface area contributed by atoms with Crippen molar-refractivity contribution in [2.75, 3.05) is 13.2 Å². The van der Waals surface area contributed by atoms with Gasteiger partial charge in [0.2, 0.25) is 5.91 Å². The number of carboxylic acid groups (broad SMARTS) is 1. The number of sulfonamides is 1. The molecule has 8 nitrogen and oxygen atoms in total. The van der Waals surface area contributed by atoms with Crippen LogP contribution in [0.15, 0.2) is 70.9 Å². The van der Waals surface area contributed by atoms with Crippen molar-refractivity contribution in [3.05, 3.63) is 77.3 Å². The van der Waals surface area contributed by atoms with E-state index in [1.54, 1.807) is 60.7 Å². The molecule has 3 aromatic rings. The summed E-state index contributed by atoms with van der Waals surface area (Å²) in [5.74, 6) is -2.04. The van der Waals surface area contributed by atoms with Gasteiger partial charge in [0.05, 0.1) is 0 Å². The number of amides is 1. The third-order valence-corrected chi connectivity index (χ3v) is 9.34. The number of hydrogen-bond acceptors (Lipinski definition) is 6. The Labute approximate surface area is 205 Å². The van der Waals surface area contributed by atoms with Gasteiger partial charge in [0.15, 0.2) is 0 Å². The molecule has 0 saturated heterocycles. The van der Waals surface area contributed by atoms with Gasteiger partial charge in [-0.05, 0) is 41.8 Å². The molecular weight excluding hydrogens is 500 g/mol. The number of nitrogens with one attached hydrogen (secondary N) is 2. The van der Waals surface area contributed by atoms with Crippen LogP contribution in [0.25, 0.3) is 10.4 Å². The fourth-order valence-electron chi connectivity index (χ4n) is 4.11. The molecule has 0 bridgehead atoms. The van der Waals surface area contributed by atoms with Crippen molar-refractivity contribution in [1.82, 2.24) is 10.0 Å². The average Bonchev–Trinajstić information content (AvgIpc) is 3.20.